The molecule has 2 aliphatic rings. The predicted octanol–water partition coefficient (Wildman–Crippen LogP) is 2.12. The van der Waals surface area contributed by atoms with E-state index in [0.29, 0.717) is 5.56 Å². The van der Waals surface area contributed by atoms with Crippen LogP contribution in [0.4, 0.5) is 5.69 Å². The van der Waals surface area contributed by atoms with E-state index in [2.05, 4.69) is 5.32 Å². The highest BCUT2D eigenvalue weighted by molar-refractivity contribution is 5.94. The zero-order valence-corrected chi connectivity index (χ0v) is 18.5. The molecule has 8 heteroatoms. The maximum atomic E-state index is 12.9. The van der Waals surface area contributed by atoms with E-state index in [0.717, 1.165) is 57.2 Å². The third-order valence-electron chi connectivity index (χ3n) is 6.18. The molecule has 0 spiro atoms. The van der Waals surface area contributed by atoms with Crippen molar-refractivity contribution < 1.29 is 24.6 Å². The highest BCUT2D eigenvalue weighted by Crippen LogP contribution is 2.29. The van der Waals surface area contributed by atoms with Crippen LogP contribution < -0.4 is 10.2 Å². The predicted molar refractivity (Wildman–Crippen MR) is 119 cm³/mol. The van der Waals surface area contributed by atoms with Gasteiger partial charge in [-0.25, -0.2) is 0 Å². The normalized spacial score (nSPS) is 23.2. The van der Waals surface area contributed by atoms with Crippen molar-refractivity contribution >= 4 is 24.0 Å². The zero-order chi connectivity index (χ0) is 22.8. The van der Waals surface area contributed by atoms with E-state index in [4.69, 9.17) is 9.90 Å². The maximum Gasteiger partial charge on any atom is 0.290 e. The van der Waals surface area contributed by atoms with Gasteiger partial charge in [0.25, 0.3) is 12.4 Å². The number of piperidine rings is 1. The first-order valence-corrected chi connectivity index (χ1v) is 11.0. The van der Waals surface area contributed by atoms with Crippen LogP contribution >= 0.6 is 0 Å². The van der Waals surface area contributed by atoms with Crippen molar-refractivity contribution in [2.24, 2.45) is 5.92 Å². The summed E-state index contributed by atoms with van der Waals surface area (Å²) in [4.78, 5) is 37.7. The third kappa shape index (κ3) is 6.95. The number of aliphatic hydroxyl groups excluding tert-OH is 1. The standard InChI is InChI=1S/C22H33N3O3.CH2O2/c1-24(2)19-12-8-16(9-13-19)21(27)23-18-10-6-17(7-11-18)22(28)25-14-4-3-5-20(25)15-26;2-1-3/h8-9,12-13,17-18,20,26H,3-7,10-11,14-15H2,1-2H3,(H,23,27);1H,(H,2,3). The number of nitrogens with one attached hydrogen (secondary N) is 1. The van der Waals surface area contributed by atoms with E-state index in [-0.39, 0.29) is 42.9 Å². The maximum absolute atomic E-state index is 12.9. The Kier molecular flexibility index (Phi) is 9.78. The number of aliphatic hydroxyl groups is 1. The first kappa shape index (κ1) is 24.7. The SMILES string of the molecule is CN(C)c1ccc(C(=O)NC2CCC(C(=O)N3CCCCC3CO)CC2)cc1.O=CO. The summed E-state index contributed by atoms with van der Waals surface area (Å²) in [6.45, 7) is 0.577. The summed E-state index contributed by atoms with van der Waals surface area (Å²) in [6.07, 6.45) is 6.28. The number of hydrogen-bond donors (Lipinski definition) is 3. The van der Waals surface area contributed by atoms with E-state index < -0.39 is 0 Å². The Morgan fingerprint density at radius 2 is 1.71 bits per heavy atom. The summed E-state index contributed by atoms with van der Waals surface area (Å²) in [5, 5.41) is 19.6. The van der Waals surface area contributed by atoms with Gasteiger partial charge < -0.3 is 25.3 Å². The fraction of sp³-hybridized carbons (Fsp3) is 0.609. The summed E-state index contributed by atoms with van der Waals surface area (Å²) < 4.78 is 0. The molecule has 1 saturated carbocycles. The number of rotatable bonds is 5. The Morgan fingerprint density at radius 3 is 2.26 bits per heavy atom. The first-order valence-electron chi connectivity index (χ1n) is 11.0. The van der Waals surface area contributed by atoms with Gasteiger partial charge in [-0.1, -0.05) is 0 Å². The molecular weight excluding hydrogens is 398 g/mol. The van der Waals surface area contributed by atoms with Crippen LogP contribution in [0.25, 0.3) is 0 Å². The summed E-state index contributed by atoms with van der Waals surface area (Å²) >= 11 is 0. The highest BCUT2D eigenvalue weighted by Gasteiger charge is 2.34. The van der Waals surface area contributed by atoms with Gasteiger partial charge >= 0.3 is 0 Å². The molecule has 0 radical (unpaired) electrons. The second-order valence-corrected chi connectivity index (χ2v) is 8.43. The Morgan fingerprint density at radius 1 is 1.10 bits per heavy atom. The monoisotopic (exact) mass is 433 g/mol. The molecule has 172 valence electrons. The molecule has 1 aromatic carbocycles. The minimum atomic E-state index is -0.250. The number of carbonyl (C=O) groups is 3. The lowest BCUT2D eigenvalue weighted by molar-refractivity contribution is -0.141. The van der Waals surface area contributed by atoms with Crippen LogP contribution in [0, 0.1) is 5.92 Å². The van der Waals surface area contributed by atoms with E-state index in [1.807, 2.05) is 48.2 Å². The van der Waals surface area contributed by atoms with E-state index in [1.165, 1.54) is 0 Å². The minimum absolute atomic E-state index is 0.0104. The van der Waals surface area contributed by atoms with Crippen LogP contribution in [0.15, 0.2) is 24.3 Å². The summed E-state index contributed by atoms with van der Waals surface area (Å²) in [5.41, 5.74) is 1.73. The molecule has 0 bridgehead atoms. The van der Waals surface area contributed by atoms with E-state index in [1.54, 1.807) is 0 Å². The van der Waals surface area contributed by atoms with Gasteiger partial charge in [-0.05, 0) is 69.2 Å². The van der Waals surface area contributed by atoms with Crippen LogP contribution in [0.1, 0.15) is 55.3 Å². The molecule has 31 heavy (non-hydrogen) atoms. The molecule has 1 aliphatic carbocycles. The average Bonchev–Trinajstić information content (AvgIpc) is 2.79. The Bertz CT molecular complexity index is 714. The van der Waals surface area contributed by atoms with Crippen LogP contribution in [0.5, 0.6) is 0 Å². The lowest BCUT2D eigenvalue weighted by Gasteiger charge is -2.38. The largest absolute Gasteiger partial charge is 0.483 e. The van der Waals surface area contributed by atoms with Crippen LogP contribution in [-0.2, 0) is 9.59 Å². The quantitative estimate of drug-likeness (QED) is 0.614. The van der Waals surface area contributed by atoms with Crippen molar-refractivity contribution in [2.75, 3.05) is 32.1 Å². The molecule has 3 rings (SSSR count). The molecule has 1 aliphatic heterocycles. The van der Waals surface area contributed by atoms with Crippen molar-refractivity contribution in [3.05, 3.63) is 29.8 Å². The van der Waals surface area contributed by atoms with Gasteiger partial charge in [0.05, 0.1) is 12.6 Å². The van der Waals surface area contributed by atoms with Crippen molar-refractivity contribution in [1.82, 2.24) is 10.2 Å². The Hall–Kier alpha value is -2.61. The first-order chi connectivity index (χ1) is 14.9. The molecule has 8 nitrogen and oxygen atoms in total. The lowest BCUT2D eigenvalue weighted by atomic mass is 9.84. The number of carbonyl (C=O) groups excluding carboxylic acids is 2. The van der Waals surface area contributed by atoms with Crippen LogP contribution in [-0.4, -0.2) is 72.7 Å². The van der Waals surface area contributed by atoms with Crippen molar-refractivity contribution in [3.8, 4) is 0 Å². The van der Waals surface area contributed by atoms with Gasteiger partial charge in [-0.3, -0.25) is 14.4 Å². The van der Waals surface area contributed by atoms with Crippen molar-refractivity contribution in [2.45, 2.75) is 57.0 Å². The summed E-state index contributed by atoms with van der Waals surface area (Å²) in [5.74, 6) is 0.180. The molecule has 1 saturated heterocycles. The van der Waals surface area contributed by atoms with Gasteiger partial charge in [-0.15, -0.1) is 0 Å². The van der Waals surface area contributed by atoms with Crippen LogP contribution in [0.3, 0.4) is 0 Å². The Balaban J connectivity index is 0.00000107. The van der Waals surface area contributed by atoms with Gasteiger partial charge in [0.1, 0.15) is 0 Å². The molecular formula is C23H35N3O5. The second-order valence-electron chi connectivity index (χ2n) is 8.43. The number of amides is 2. The number of likely N-dealkylation sites (tertiary alicyclic amines) is 1. The second kappa shape index (κ2) is 12.3. The zero-order valence-electron chi connectivity index (χ0n) is 18.5. The molecule has 1 aromatic rings. The Labute approximate surface area is 184 Å². The number of anilines is 1. The van der Waals surface area contributed by atoms with Crippen molar-refractivity contribution in [1.29, 1.82) is 0 Å². The number of carboxylic acid groups (broad SMARTS) is 1. The molecule has 1 heterocycles. The average molecular weight is 434 g/mol. The lowest BCUT2D eigenvalue weighted by Crippen LogP contribution is -2.49. The van der Waals surface area contributed by atoms with E-state index in [9.17, 15) is 14.7 Å². The fourth-order valence-electron chi connectivity index (χ4n) is 4.38. The van der Waals surface area contributed by atoms with E-state index >= 15 is 0 Å². The molecule has 1 atom stereocenters. The molecule has 1 unspecified atom stereocenters. The minimum Gasteiger partial charge on any atom is -0.483 e. The third-order valence-corrected chi connectivity index (χ3v) is 6.18. The summed E-state index contributed by atoms with van der Waals surface area (Å²) in [6, 6.07) is 7.71. The number of hydrogen-bond acceptors (Lipinski definition) is 5. The molecule has 3 N–H and O–H groups in total. The fourth-order valence-corrected chi connectivity index (χ4v) is 4.38. The molecule has 2 fully saturated rings. The van der Waals surface area contributed by atoms with Gasteiger partial charge in [0, 0.05) is 43.9 Å². The van der Waals surface area contributed by atoms with Gasteiger partial charge in [0.2, 0.25) is 5.91 Å². The molecule has 2 amide bonds. The van der Waals surface area contributed by atoms with Crippen molar-refractivity contribution in [3.63, 3.8) is 0 Å². The number of benzene rings is 1. The molecule has 0 aromatic heterocycles. The summed E-state index contributed by atoms with van der Waals surface area (Å²) in [7, 11) is 3.95. The highest BCUT2D eigenvalue weighted by atomic mass is 16.3. The topological polar surface area (TPSA) is 110 Å². The van der Waals surface area contributed by atoms with Crippen LogP contribution in [0.2, 0.25) is 0 Å². The number of nitrogens with zero attached hydrogens (tertiary/aromatic N) is 2. The smallest absolute Gasteiger partial charge is 0.290 e. The van der Waals surface area contributed by atoms with Gasteiger partial charge in [-0.2, -0.15) is 0 Å². The van der Waals surface area contributed by atoms with Gasteiger partial charge in [0.15, 0.2) is 0 Å².